The Hall–Kier alpha value is -1.95. The van der Waals surface area contributed by atoms with Crippen molar-refractivity contribution in [2.75, 3.05) is 11.9 Å². The van der Waals surface area contributed by atoms with Crippen LogP contribution in [-0.2, 0) is 9.53 Å². The smallest absolute Gasteiger partial charge is 0.267 e. The standard InChI is InChI=1S/C11H13N3O3/c12-10(15)8-4-3-7(6-13-8)14-11(16)9-2-1-5-17-9/h3-4,6,9H,1-2,5H2,(H2,12,15)(H,14,16)/t9-/m1/s1. The van der Waals surface area contributed by atoms with Gasteiger partial charge in [0.15, 0.2) is 0 Å². The molecule has 0 saturated carbocycles. The highest BCUT2D eigenvalue weighted by atomic mass is 16.5. The lowest BCUT2D eigenvalue weighted by Gasteiger charge is -2.09. The molecule has 6 nitrogen and oxygen atoms in total. The summed E-state index contributed by atoms with van der Waals surface area (Å²) in [6.45, 7) is 0.622. The predicted molar refractivity (Wildman–Crippen MR) is 60.4 cm³/mol. The van der Waals surface area contributed by atoms with Crippen LogP contribution in [0.3, 0.4) is 0 Å². The minimum absolute atomic E-state index is 0.167. The number of hydrogen-bond acceptors (Lipinski definition) is 4. The van der Waals surface area contributed by atoms with E-state index in [1.807, 2.05) is 0 Å². The quantitative estimate of drug-likeness (QED) is 0.787. The molecule has 1 atom stereocenters. The number of hydrogen-bond donors (Lipinski definition) is 2. The number of carbonyl (C=O) groups excluding carboxylic acids is 2. The van der Waals surface area contributed by atoms with Gasteiger partial charge in [0.05, 0.1) is 11.9 Å². The van der Waals surface area contributed by atoms with E-state index in [-0.39, 0.29) is 17.7 Å². The van der Waals surface area contributed by atoms with Crippen molar-refractivity contribution in [3.63, 3.8) is 0 Å². The number of aromatic nitrogens is 1. The van der Waals surface area contributed by atoms with E-state index in [0.29, 0.717) is 12.3 Å². The third-order valence-corrected chi connectivity index (χ3v) is 2.51. The molecule has 1 aromatic heterocycles. The first kappa shape index (κ1) is 11.5. The minimum atomic E-state index is -0.595. The summed E-state index contributed by atoms with van der Waals surface area (Å²) in [4.78, 5) is 26.3. The Bertz CT molecular complexity index is 424. The number of nitrogens with two attached hydrogens (primary N) is 1. The maximum Gasteiger partial charge on any atom is 0.267 e. The van der Waals surface area contributed by atoms with Crippen molar-refractivity contribution < 1.29 is 14.3 Å². The van der Waals surface area contributed by atoms with Gasteiger partial charge in [0, 0.05) is 6.61 Å². The molecular weight excluding hydrogens is 222 g/mol. The monoisotopic (exact) mass is 235 g/mol. The molecule has 1 aromatic rings. The third kappa shape index (κ3) is 2.79. The number of anilines is 1. The summed E-state index contributed by atoms with van der Waals surface area (Å²) in [5.74, 6) is -0.780. The molecule has 0 bridgehead atoms. The lowest BCUT2D eigenvalue weighted by molar-refractivity contribution is -0.124. The molecule has 1 aliphatic rings. The van der Waals surface area contributed by atoms with Gasteiger partial charge < -0.3 is 15.8 Å². The van der Waals surface area contributed by atoms with E-state index >= 15 is 0 Å². The van der Waals surface area contributed by atoms with Crippen molar-refractivity contribution in [2.45, 2.75) is 18.9 Å². The van der Waals surface area contributed by atoms with Gasteiger partial charge in [-0.05, 0) is 25.0 Å². The summed E-state index contributed by atoms with van der Waals surface area (Å²) in [6, 6.07) is 3.05. The van der Waals surface area contributed by atoms with Gasteiger partial charge in [-0.1, -0.05) is 0 Å². The van der Waals surface area contributed by atoms with Crippen LogP contribution >= 0.6 is 0 Å². The molecule has 90 valence electrons. The van der Waals surface area contributed by atoms with Crippen LogP contribution in [0.15, 0.2) is 18.3 Å². The van der Waals surface area contributed by atoms with Crippen molar-refractivity contribution >= 4 is 17.5 Å². The lowest BCUT2D eigenvalue weighted by atomic mass is 10.2. The Morgan fingerprint density at radius 2 is 2.29 bits per heavy atom. The molecule has 0 aliphatic carbocycles. The van der Waals surface area contributed by atoms with E-state index in [1.54, 1.807) is 6.07 Å². The number of nitrogens with zero attached hydrogens (tertiary/aromatic N) is 1. The Labute approximate surface area is 98.2 Å². The molecule has 0 aromatic carbocycles. The van der Waals surface area contributed by atoms with Crippen LogP contribution in [0.4, 0.5) is 5.69 Å². The maximum absolute atomic E-state index is 11.7. The highest BCUT2D eigenvalue weighted by molar-refractivity contribution is 5.95. The van der Waals surface area contributed by atoms with E-state index in [0.717, 1.165) is 12.8 Å². The second-order valence-electron chi connectivity index (χ2n) is 3.79. The number of nitrogens with one attached hydrogen (secondary N) is 1. The van der Waals surface area contributed by atoms with Crippen LogP contribution in [0, 0.1) is 0 Å². The van der Waals surface area contributed by atoms with Crippen molar-refractivity contribution in [2.24, 2.45) is 5.73 Å². The number of amides is 2. The Morgan fingerprint density at radius 1 is 1.47 bits per heavy atom. The van der Waals surface area contributed by atoms with Crippen molar-refractivity contribution in [3.05, 3.63) is 24.0 Å². The molecule has 2 rings (SSSR count). The van der Waals surface area contributed by atoms with Crippen molar-refractivity contribution in [1.82, 2.24) is 4.98 Å². The molecule has 0 unspecified atom stereocenters. The highest BCUT2D eigenvalue weighted by Gasteiger charge is 2.23. The molecule has 2 heterocycles. The fraction of sp³-hybridized carbons (Fsp3) is 0.364. The Kier molecular flexibility index (Phi) is 3.34. The third-order valence-electron chi connectivity index (χ3n) is 2.51. The second-order valence-corrected chi connectivity index (χ2v) is 3.79. The normalized spacial score (nSPS) is 18.9. The van der Waals surface area contributed by atoms with E-state index in [4.69, 9.17) is 10.5 Å². The zero-order valence-corrected chi connectivity index (χ0v) is 9.18. The largest absolute Gasteiger partial charge is 0.368 e. The Balaban J connectivity index is 1.98. The van der Waals surface area contributed by atoms with Gasteiger partial charge in [-0.25, -0.2) is 4.98 Å². The van der Waals surface area contributed by atoms with E-state index < -0.39 is 5.91 Å². The molecule has 3 N–H and O–H groups in total. The van der Waals surface area contributed by atoms with Crippen LogP contribution in [0.2, 0.25) is 0 Å². The van der Waals surface area contributed by atoms with E-state index in [1.165, 1.54) is 12.3 Å². The molecule has 0 radical (unpaired) electrons. The summed E-state index contributed by atoms with van der Waals surface area (Å²) in [5, 5.41) is 2.67. The maximum atomic E-state index is 11.7. The average molecular weight is 235 g/mol. The van der Waals surface area contributed by atoms with Crippen LogP contribution in [0.1, 0.15) is 23.3 Å². The van der Waals surface area contributed by atoms with Gasteiger partial charge >= 0.3 is 0 Å². The minimum Gasteiger partial charge on any atom is -0.368 e. The van der Waals surface area contributed by atoms with Gasteiger partial charge in [-0.2, -0.15) is 0 Å². The van der Waals surface area contributed by atoms with Crippen LogP contribution in [0.5, 0.6) is 0 Å². The summed E-state index contributed by atoms with van der Waals surface area (Å²) >= 11 is 0. The molecule has 6 heteroatoms. The zero-order chi connectivity index (χ0) is 12.3. The number of carbonyl (C=O) groups is 2. The van der Waals surface area contributed by atoms with Gasteiger partial charge in [0.1, 0.15) is 11.8 Å². The SMILES string of the molecule is NC(=O)c1ccc(NC(=O)[C@H]2CCCO2)cn1. The molecule has 2 amide bonds. The number of primary amides is 1. The van der Waals surface area contributed by atoms with E-state index in [9.17, 15) is 9.59 Å². The number of ether oxygens (including phenoxy) is 1. The van der Waals surface area contributed by atoms with Gasteiger partial charge in [-0.3, -0.25) is 9.59 Å². The van der Waals surface area contributed by atoms with Crippen LogP contribution in [-0.4, -0.2) is 29.5 Å². The van der Waals surface area contributed by atoms with Gasteiger partial charge in [-0.15, -0.1) is 0 Å². The summed E-state index contributed by atoms with van der Waals surface area (Å²) in [6.07, 6.45) is 2.65. The number of rotatable bonds is 3. The van der Waals surface area contributed by atoms with Gasteiger partial charge in [0.2, 0.25) is 0 Å². The Morgan fingerprint density at radius 3 is 2.82 bits per heavy atom. The predicted octanol–water partition coefficient (Wildman–Crippen LogP) is 0.298. The van der Waals surface area contributed by atoms with E-state index in [2.05, 4.69) is 10.3 Å². The van der Waals surface area contributed by atoms with Crippen molar-refractivity contribution in [3.8, 4) is 0 Å². The summed E-state index contributed by atoms with van der Waals surface area (Å²) in [5.41, 5.74) is 5.75. The molecule has 1 fully saturated rings. The molecule has 0 spiro atoms. The molecule has 1 saturated heterocycles. The van der Waals surface area contributed by atoms with Crippen LogP contribution in [0.25, 0.3) is 0 Å². The first-order chi connectivity index (χ1) is 8.16. The van der Waals surface area contributed by atoms with Crippen LogP contribution < -0.4 is 11.1 Å². The first-order valence-corrected chi connectivity index (χ1v) is 5.35. The van der Waals surface area contributed by atoms with Gasteiger partial charge in [0.25, 0.3) is 11.8 Å². The molecular formula is C11H13N3O3. The lowest BCUT2D eigenvalue weighted by Crippen LogP contribution is -2.27. The zero-order valence-electron chi connectivity index (χ0n) is 9.18. The topological polar surface area (TPSA) is 94.3 Å². The average Bonchev–Trinajstić information content (AvgIpc) is 2.83. The first-order valence-electron chi connectivity index (χ1n) is 5.35. The molecule has 17 heavy (non-hydrogen) atoms. The fourth-order valence-corrected chi connectivity index (χ4v) is 1.62. The second kappa shape index (κ2) is 4.92. The molecule has 1 aliphatic heterocycles. The van der Waals surface area contributed by atoms with Crippen molar-refractivity contribution in [1.29, 1.82) is 0 Å². The fourth-order valence-electron chi connectivity index (χ4n) is 1.62. The number of pyridine rings is 1. The summed E-state index contributed by atoms with van der Waals surface area (Å²) in [7, 11) is 0. The highest BCUT2D eigenvalue weighted by Crippen LogP contribution is 2.14. The summed E-state index contributed by atoms with van der Waals surface area (Å²) < 4.78 is 5.24.